The van der Waals surface area contributed by atoms with Crippen molar-refractivity contribution in [3.8, 4) is 0 Å². The number of hydrogen-bond donors (Lipinski definition) is 0. The number of rotatable bonds is 3. The third-order valence-electron chi connectivity index (χ3n) is 1.90. The summed E-state index contributed by atoms with van der Waals surface area (Å²) >= 11 is 5.86. The third-order valence-corrected chi connectivity index (χ3v) is 2.17. The van der Waals surface area contributed by atoms with Crippen molar-refractivity contribution in [2.45, 2.75) is 26.6 Å². The fourth-order valence-corrected chi connectivity index (χ4v) is 1.37. The van der Waals surface area contributed by atoms with Gasteiger partial charge < -0.3 is 4.74 Å². The molecule has 5 nitrogen and oxygen atoms in total. The van der Waals surface area contributed by atoms with Crippen LogP contribution < -0.4 is 0 Å². The number of fused-ring (bicyclic) bond motifs is 1. The Kier molecular flexibility index (Phi) is 2.83. The summed E-state index contributed by atoms with van der Waals surface area (Å²) in [6.07, 6.45) is 3.53. The molecule has 0 saturated heterocycles. The van der Waals surface area contributed by atoms with Gasteiger partial charge in [0.1, 0.15) is 6.61 Å². The van der Waals surface area contributed by atoms with E-state index in [0.717, 1.165) is 5.82 Å². The van der Waals surface area contributed by atoms with Gasteiger partial charge in [-0.05, 0) is 13.8 Å². The van der Waals surface area contributed by atoms with Gasteiger partial charge in [-0.3, -0.25) is 4.40 Å². The van der Waals surface area contributed by atoms with Crippen molar-refractivity contribution in [1.29, 1.82) is 0 Å². The van der Waals surface area contributed by atoms with Crippen LogP contribution in [0, 0.1) is 0 Å². The second-order valence-electron chi connectivity index (χ2n) is 3.39. The molecule has 0 aliphatic heterocycles. The molecule has 0 aliphatic carbocycles. The number of ether oxygens (including phenoxy) is 1. The van der Waals surface area contributed by atoms with E-state index in [1.165, 1.54) is 0 Å². The maximum Gasteiger partial charge on any atom is 0.198 e. The second-order valence-corrected chi connectivity index (χ2v) is 3.75. The summed E-state index contributed by atoms with van der Waals surface area (Å²) < 4.78 is 7.22. The second kappa shape index (κ2) is 4.12. The van der Waals surface area contributed by atoms with Crippen molar-refractivity contribution in [3.05, 3.63) is 23.4 Å². The zero-order valence-corrected chi connectivity index (χ0v) is 9.27. The Morgan fingerprint density at radius 2 is 2.27 bits per heavy atom. The Bertz CT molecular complexity index is 468. The molecule has 0 radical (unpaired) electrons. The molecule has 0 fully saturated rings. The SMILES string of the molecule is CC(C)OCc1nnc2c(Cl)nccn12. The smallest absolute Gasteiger partial charge is 0.198 e. The summed E-state index contributed by atoms with van der Waals surface area (Å²) in [6.45, 7) is 4.36. The molecular weight excluding hydrogens is 216 g/mol. The number of aromatic nitrogens is 4. The van der Waals surface area contributed by atoms with E-state index in [4.69, 9.17) is 16.3 Å². The van der Waals surface area contributed by atoms with E-state index in [1.54, 1.807) is 16.8 Å². The van der Waals surface area contributed by atoms with Gasteiger partial charge in [0.05, 0.1) is 6.10 Å². The van der Waals surface area contributed by atoms with Crippen LogP contribution in [0.4, 0.5) is 0 Å². The van der Waals surface area contributed by atoms with E-state index >= 15 is 0 Å². The van der Waals surface area contributed by atoms with Gasteiger partial charge in [-0.2, -0.15) is 0 Å². The van der Waals surface area contributed by atoms with Gasteiger partial charge in [-0.15, -0.1) is 10.2 Å². The molecule has 0 unspecified atom stereocenters. The van der Waals surface area contributed by atoms with Crippen molar-refractivity contribution >= 4 is 17.2 Å². The monoisotopic (exact) mass is 226 g/mol. The van der Waals surface area contributed by atoms with Gasteiger partial charge in [0.15, 0.2) is 16.6 Å². The Morgan fingerprint density at radius 3 is 3.00 bits per heavy atom. The Balaban J connectivity index is 2.33. The molecule has 2 aromatic rings. The summed E-state index contributed by atoms with van der Waals surface area (Å²) in [6, 6.07) is 0. The lowest BCUT2D eigenvalue weighted by Gasteiger charge is -2.05. The lowest BCUT2D eigenvalue weighted by molar-refractivity contribution is 0.0608. The van der Waals surface area contributed by atoms with Gasteiger partial charge in [-0.25, -0.2) is 4.98 Å². The molecule has 0 bridgehead atoms. The van der Waals surface area contributed by atoms with Crippen molar-refractivity contribution in [2.75, 3.05) is 0 Å². The maximum atomic E-state index is 5.86. The zero-order valence-electron chi connectivity index (χ0n) is 8.51. The first-order valence-corrected chi connectivity index (χ1v) is 5.02. The predicted molar refractivity (Wildman–Crippen MR) is 55.7 cm³/mol. The van der Waals surface area contributed by atoms with Crippen LogP contribution in [0.5, 0.6) is 0 Å². The van der Waals surface area contributed by atoms with E-state index in [1.807, 2.05) is 13.8 Å². The van der Waals surface area contributed by atoms with E-state index in [9.17, 15) is 0 Å². The zero-order chi connectivity index (χ0) is 10.8. The van der Waals surface area contributed by atoms with Gasteiger partial charge in [0, 0.05) is 12.4 Å². The first-order valence-electron chi connectivity index (χ1n) is 4.64. The minimum absolute atomic E-state index is 0.162. The summed E-state index contributed by atoms with van der Waals surface area (Å²) in [5.41, 5.74) is 0.557. The molecule has 6 heteroatoms. The van der Waals surface area contributed by atoms with E-state index in [2.05, 4.69) is 15.2 Å². The third kappa shape index (κ3) is 2.08. The summed E-state index contributed by atoms with van der Waals surface area (Å²) in [7, 11) is 0. The Hall–Kier alpha value is -1.20. The minimum atomic E-state index is 0.162. The highest BCUT2D eigenvalue weighted by Gasteiger charge is 2.09. The number of halogens is 1. The molecule has 0 saturated carbocycles. The van der Waals surface area contributed by atoms with Gasteiger partial charge in [-0.1, -0.05) is 11.6 Å². The fourth-order valence-electron chi connectivity index (χ4n) is 1.18. The highest BCUT2D eigenvalue weighted by Crippen LogP contribution is 2.12. The topological polar surface area (TPSA) is 52.3 Å². The average molecular weight is 227 g/mol. The molecule has 2 rings (SSSR count). The van der Waals surface area contributed by atoms with E-state index in [-0.39, 0.29) is 6.10 Å². The van der Waals surface area contributed by atoms with E-state index in [0.29, 0.717) is 17.4 Å². The number of nitrogens with zero attached hydrogens (tertiary/aromatic N) is 4. The van der Waals surface area contributed by atoms with Crippen LogP contribution in [0.3, 0.4) is 0 Å². The summed E-state index contributed by atoms with van der Waals surface area (Å²) in [4.78, 5) is 3.92. The molecule has 0 atom stereocenters. The largest absolute Gasteiger partial charge is 0.371 e. The molecule has 2 aromatic heterocycles. The van der Waals surface area contributed by atoms with Crippen LogP contribution >= 0.6 is 11.6 Å². The minimum Gasteiger partial charge on any atom is -0.371 e. The molecule has 0 aliphatic rings. The van der Waals surface area contributed by atoms with Crippen LogP contribution in [0.2, 0.25) is 5.15 Å². The Morgan fingerprint density at radius 1 is 1.47 bits per heavy atom. The molecule has 2 heterocycles. The lowest BCUT2D eigenvalue weighted by atomic mass is 10.5. The predicted octanol–water partition coefficient (Wildman–Crippen LogP) is 1.70. The average Bonchev–Trinajstić information content (AvgIpc) is 2.59. The van der Waals surface area contributed by atoms with Crippen LogP contribution in [-0.4, -0.2) is 25.7 Å². The lowest BCUT2D eigenvalue weighted by Crippen LogP contribution is -2.05. The van der Waals surface area contributed by atoms with Crippen molar-refractivity contribution < 1.29 is 4.74 Å². The highest BCUT2D eigenvalue weighted by atomic mass is 35.5. The normalized spacial score (nSPS) is 11.5. The van der Waals surface area contributed by atoms with Crippen LogP contribution in [0.25, 0.3) is 5.65 Å². The van der Waals surface area contributed by atoms with E-state index < -0.39 is 0 Å². The first-order chi connectivity index (χ1) is 7.18. The van der Waals surface area contributed by atoms with Crippen molar-refractivity contribution in [3.63, 3.8) is 0 Å². The molecule has 0 N–H and O–H groups in total. The summed E-state index contributed by atoms with van der Waals surface area (Å²) in [5, 5.41) is 8.27. The highest BCUT2D eigenvalue weighted by molar-refractivity contribution is 6.32. The fraction of sp³-hybridized carbons (Fsp3) is 0.444. The summed E-state index contributed by atoms with van der Waals surface area (Å²) in [5.74, 6) is 0.725. The molecule has 0 aromatic carbocycles. The van der Waals surface area contributed by atoms with Crippen molar-refractivity contribution in [1.82, 2.24) is 19.6 Å². The Labute approximate surface area is 92.1 Å². The van der Waals surface area contributed by atoms with Crippen LogP contribution in [-0.2, 0) is 11.3 Å². The molecule has 0 amide bonds. The maximum absolute atomic E-state index is 5.86. The van der Waals surface area contributed by atoms with Gasteiger partial charge >= 0.3 is 0 Å². The van der Waals surface area contributed by atoms with Crippen LogP contribution in [0.15, 0.2) is 12.4 Å². The van der Waals surface area contributed by atoms with Gasteiger partial charge in [0.25, 0.3) is 0 Å². The standard InChI is InChI=1S/C9H11ClN4O/c1-6(2)15-5-7-12-13-9-8(10)11-3-4-14(7)9/h3-4,6H,5H2,1-2H3. The van der Waals surface area contributed by atoms with Gasteiger partial charge in [0.2, 0.25) is 0 Å². The quantitative estimate of drug-likeness (QED) is 0.800. The first kappa shape index (κ1) is 10.3. The molecule has 80 valence electrons. The van der Waals surface area contributed by atoms with Crippen LogP contribution in [0.1, 0.15) is 19.7 Å². The van der Waals surface area contributed by atoms with Crippen molar-refractivity contribution in [2.24, 2.45) is 0 Å². The molecule has 0 spiro atoms. The molecular formula is C9H11ClN4O. The molecule has 15 heavy (non-hydrogen) atoms. The number of hydrogen-bond acceptors (Lipinski definition) is 4.